The molecule has 3 aliphatic rings. The van der Waals surface area contributed by atoms with Crippen LogP contribution in [0, 0.1) is 5.92 Å². The number of aliphatic hydroxyl groups excluding tert-OH is 1. The van der Waals surface area contributed by atoms with Crippen LogP contribution < -0.4 is 72.0 Å². The zero-order chi connectivity index (χ0) is 59.3. The molecule has 0 spiro atoms. The summed E-state index contributed by atoms with van der Waals surface area (Å²) in [5.41, 5.74) is 38.5. The third-order valence-electron chi connectivity index (χ3n) is 13.5. The maximum Gasteiger partial charge on any atom is 0.326 e. The molecule has 0 saturated carbocycles. The highest BCUT2D eigenvalue weighted by atomic mass is 16.4. The molecule has 0 unspecified atom stereocenters. The first-order valence-electron chi connectivity index (χ1n) is 26.2. The van der Waals surface area contributed by atoms with Crippen LogP contribution in [0.1, 0.15) is 104 Å². The molecule has 442 valence electrons. The molecular formula is C47H80N18O14. The van der Waals surface area contributed by atoms with Crippen molar-refractivity contribution >= 4 is 82.9 Å². The lowest BCUT2D eigenvalue weighted by Crippen LogP contribution is -2.61. The van der Waals surface area contributed by atoms with E-state index in [2.05, 4.69) is 41.9 Å². The van der Waals surface area contributed by atoms with Crippen molar-refractivity contribution in [3.05, 3.63) is 0 Å². The summed E-state index contributed by atoms with van der Waals surface area (Å²) in [6, 6.07) is -13.3. The van der Waals surface area contributed by atoms with Gasteiger partial charge in [0.15, 0.2) is 11.9 Å². The quantitative estimate of drug-likeness (QED) is 0.0174. The molecule has 0 aromatic carbocycles. The highest BCUT2D eigenvalue weighted by Gasteiger charge is 2.43. The number of carboxylic acid groups (broad SMARTS) is 1. The number of guanidine groups is 2. The number of aliphatic imine (C=N–C) groups is 2. The van der Waals surface area contributed by atoms with Crippen LogP contribution in [0.15, 0.2) is 9.98 Å². The van der Waals surface area contributed by atoms with Crippen LogP contribution in [0.25, 0.3) is 0 Å². The molecule has 11 amide bonds. The molecule has 0 aromatic rings. The molecule has 79 heavy (non-hydrogen) atoms. The first kappa shape index (κ1) is 65.4. The van der Waals surface area contributed by atoms with E-state index in [0.29, 0.717) is 12.8 Å². The number of likely N-dealkylation sites (tertiary alicyclic amines) is 3. The molecular weight excluding hydrogens is 1040 g/mol. The zero-order valence-corrected chi connectivity index (χ0v) is 44.9. The van der Waals surface area contributed by atoms with Gasteiger partial charge in [0, 0.05) is 39.1 Å². The first-order chi connectivity index (χ1) is 37.2. The van der Waals surface area contributed by atoms with E-state index in [1.807, 2.05) is 0 Å². The molecule has 10 atom stereocenters. The van der Waals surface area contributed by atoms with E-state index in [9.17, 15) is 67.7 Å². The number of aliphatic hydroxyl groups is 1. The smallest absolute Gasteiger partial charge is 0.326 e. The van der Waals surface area contributed by atoms with Gasteiger partial charge in [0.2, 0.25) is 65.0 Å². The van der Waals surface area contributed by atoms with Crippen LogP contribution in [0.2, 0.25) is 0 Å². The Labute approximate surface area is 456 Å². The average Bonchev–Trinajstić information content (AvgIpc) is 4.21. The van der Waals surface area contributed by atoms with Crippen LogP contribution >= 0.6 is 0 Å². The second-order valence-corrected chi connectivity index (χ2v) is 20.0. The molecule has 0 radical (unpaired) electrons. The second kappa shape index (κ2) is 31.5. The molecule has 32 heteroatoms. The van der Waals surface area contributed by atoms with Gasteiger partial charge in [0.1, 0.15) is 54.4 Å². The van der Waals surface area contributed by atoms with E-state index in [-0.39, 0.29) is 109 Å². The number of nitrogens with zero attached hydrogens (tertiary/aromatic N) is 5. The first-order valence-corrected chi connectivity index (χ1v) is 26.2. The summed E-state index contributed by atoms with van der Waals surface area (Å²) in [5.74, 6) is -11.5. The van der Waals surface area contributed by atoms with E-state index >= 15 is 0 Å². The van der Waals surface area contributed by atoms with Gasteiger partial charge in [-0.3, -0.25) is 62.7 Å². The summed E-state index contributed by atoms with van der Waals surface area (Å²) in [4.78, 5) is 171. The number of rotatable bonds is 31. The van der Waals surface area contributed by atoms with Gasteiger partial charge >= 0.3 is 5.97 Å². The fourth-order valence-electron chi connectivity index (χ4n) is 9.32. The molecule has 22 N–H and O–H groups in total. The molecule has 0 bridgehead atoms. The van der Waals surface area contributed by atoms with Crippen molar-refractivity contribution < 1.29 is 67.7 Å². The van der Waals surface area contributed by atoms with E-state index < -0.39 is 150 Å². The number of hydrogen-bond donors (Lipinski definition) is 15. The zero-order valence-electron chi connectivity index (χ0n) is 44.9. The largest absolute Gasteiger partial charge is 0.480 e. The Morgan fingerprint density at radius 2 is 0.987 bits per heavy atom. The SMILES string of the molecule is CC(C)[C@H](NC(=O)[C@H](N)CCC(N)=O)C(=O)N1CCC[C@@H]1C(=O)N[C@@H](CO)C(=O)N[C@@H](CCCN=C(N)N)C(=O)N1CCC[C@@H]1C(=O)N[C@@H](CC(N)=O)C(=O)N[C@@H](CCCN=C(N)N)C(=O)N[C@@H](C)C(=O)N1CCC[C@@H]1C(=O)O. The molecule has 0 aliphatic carbocycles. The normalized spacial score (nSPS) is 19.5. The van der Waals surface area contributed by atoms with Crippen LogP contribution in [-0.2, 0) is 57.5 Å². The predicted octanol–water partition coefficient (Wildman–Crippen LogP) is -7.80. The van der Waals surface area contributed by atoms with Crippen LogP contribution in [0.3, 0.4) is 0 Å². The fraction of sp³-hybridized carbons (Fsp3) is 0.702. The van der Waals surface area contributed by atoms with Gasteiger partial charge in [-0.15, -0.1) is 0 Å². The van der Waals surface area contributed by atoms with Crippen molar-refractivity contribution in [1.82, 2.24) is 46.6 Å². The number of nitrogens with two attached hydrogens (primary N) is 7. The fourth-order valence-corrected chi connectivity index (χ4v) is 9.32. The van der Waals surface area contributed by atoms with Crippen LogP contribution in [0.4, 0.5) is 0 Å². The minimum absolute atomic E-state index is 0.00646. The maximum atomic E-state index is 14.5. The summed E-state index contributed by atoms with van der Waals surface area (Å²) in [5, 5.41) is 35.0. The minimum atomic E-state index is -1.72. The van der Waals surface area contributed by atoms with Crippen molar-refractivity contribution in [3.8, 4) is 0 Å². The molecule has 3 aliphatic heterocycles. The van der Waals surface area contributed by atoms with Crippen molar-refractivity contribution in [2.45, 2.75) is 165 Å². The van der Waals surface area contributed by atoms with Crippen LogP contribution in [0.5, 0.6) is 0 Å². The Kier molecular flexibility index (Phi) is 26.1. The Morgan fingerprint density at radius 3 is 1.47 bits per heavy atom. The number of carbonyl (C=O) groups excluding carboxylic acids is 11. The van der Waals surface area contributed by atoms with Gasteiger partial charge in [0.05, 0.1) is 19.1 Å². The average molecular weight is 1120 g/mol. The maximum absolute atomic E-state index is 14.5. The highest BCUT2D eigenvalue weighted by molar-refractivity contribution is 6.00. The van der Waals surface area contributed by atoms with Gasteiger partial charge in [0.25, 0.3) is 0 Å². The van der Waals surface area contributed by atoms with Gasteiger partial charge in [-0.2, -0.15) is 0 Å². The molecule has 0 aromatic heterocycles. The standard InChI is InChI=1S/C47H80N18O14/c1-23(2)35(62-36(69)25(48)14-15-33(49)67)44(77)64-19-7-12-31(64)41(74)61-29(22-66)39(72)59-27(10-5-17-56-47(53)54)43(76)63-18-6-11-30(63)40(73)60-28(21-34(50)68)38(71)58-26(9-4-16-55-46(51)52)37(70)57-24(3)42(75)65-20-8-13-32(65)45(78)79/h23-32,35,66H,4-22,48H2,1-3H3,(H2,49,67)(H2,50,68)(H,57,70)(H,58,71)(H,59,72)(H,60,73)(H,61,74)(H,62,69)(H,78,79)(H4,51,52,55)(H4,53,54,56)/t24-,25+,26-,27-,28-,29-,30+,31+,32+,35-/m0/s1. The van der Waals surface area contributed by atoms with Crippen molar-refractivity contribution in [2.75, 3.05) is 39.3 Å². The van der Waals surface area contributed by atoms with Gasteiger partial charge in [-0.25, -0.2) is 4.79 Å². The Bertz CT molecular complexity index is 2290. The minimum Gasteiger partial charge on any atom is -0.480 e. The van der Waals surface area contributed by atoms with E-state index in [0.717, 1.165) is 9.80 Å². The Balaban J connectivity index is 1.81. The molecule has 3 rings (SSSR count). The molecule has 3 heterocycles. The van der Waals surface area contributed by atoms with Crippen molar-refractivity contribution in [1.29, 1.82) is 0 Å². The third-order valence-corrected chi connectivity index (χ3v) is 13.5. The summed E-state index contributed by atoms with van der Waals surface area (Å²) < 4.78 is 0. The monoisotopic (exact) mass is 1120 g/mol. The number of carboxylic acids is 1. The lowest BCUT2D eigenvalue weighted by Gasteiger charge is -2.32. The molecule has 3 fully saturated rings. The summed E-state index contributed by atoms with van der Waals surface area (Å²) >= 11 is 0. The number of aliphatic carboxylic acids is 1. The van der Waals surface area contributed by atoms with E-state index in [1.54, 1.807) is 13.8 Å². The molecule has 3 saturated heterocycles. The number of amides is 11. The van der Waals surface area contributed by atoms with Gasteiger partial charge in [-0.1, -0.05) is 13.8 Å². The summed E-state index contributed by atoms with van der Waals surface area (Å²) in [6.07, 6.45) is 0.345. The lowest BCUT2D eigenvalue weighted by molar-refractivity contribution is -0.149. The van der Waals surface area contributed by atoms with Gasteiger partial charge < -0.3 is 96.9 Å². The predicted molar refractivity (Wildman–Crippen MR) is 281 cm³/mol. The van der Waals surface area contributed by atoms with Gasteiger partial charge in [-0.05, 0) is 83.5 Å². The Hall–Kier alpha value is -7.90. The molecule has 32 nitrogen and oxygen atoms in total. The summed E-state index contributed by atoms with van der Waals surface area (Å²) in [7, 11) is 0. The topological polar surface area (TPSA) is 534 Å². The Morgan fingerprint density at radius 1 is 0.532 bits per heavy atom. The number of nitrogens with one attached hydrogen (secondary N) is 6. The number of hydrogen-bond acceptors (Lipinski definition) is 16. The highest BCUT2D eigenvalue weighted by Crippen LogP contribution is 2.23. The van der Waals surface area contributed by atoms with Crippen molar-refractivity contribution in [2.24, 2.45) is 56.0 Å². The van der Waals surface area contributed by atoms with E-state index in [1.165, 1.54) is 11.8 Å². The lowest BCUT2D eigenvalue weighted by atomic mass is 10.0. The number of carbonyl (C=O) groups is 12. The van der Waals surface area contributed by atoms with E-state index in [4.69, 9.17) is 40.1 Å². The number of primary amides is 2. The summed E-state index contributed by atoms with van der Waals surface area (Å²) in [6.45, 7) is 3.90. The van der Waals surface area contributed by atoms with Crippen molar-refractivity contribution in [3.63, 3.8) is 0 Å². The van der Waals surface area contributed by atoms with Crippen LogP contribution in [-0.4, -0.2) is 208 Å². The third kappa shape index (κ3) is 20.1. The second-order valence-electron chi connectivity index (χ2n) is 20.0.